The van der Waals surface area contributed by atoms with E-state index >= 15 is 0 Å². The number of aromatic nitrogens is 3. The molecule has 0 aliphatic rings. The first kappa shape index (κ1) is 19.2. The van der Waals surface area contributed by atoms with E-state index in [2.05, 4.69) is 14.6 Å². The summed E-state index contributed by atoms with van der Waals surface area (Å²) in [5.74, 6) is -0.109. The molecule has 5 nitrogen and oxygen atoms in total. The molecule has 0 saturated carbocycles. The molecule has 3 rings (SSSR count). The normalized spacial score (nSPS) is 10.9. The molecule has 136 valence electrons. The van der Waals surface area contributed by atoms with Gasteiger partial charge >= 0.3 is 0 Å². The van der Waals surface area contributed by atoms with Gasteiger partial charge in [0, 0.05) is 22.5 Å². The maximum absolute atomic E-state index is 13.0. The third-order valence-electron chi connectivity index (χ3n) is 3.71. The van der Waals surface area contributed by atoms with Crippen molar-refractivity contribution in [3.63, 3.8) is 0 Å². The lowest BCUT2D eigenvalue weighted by Gasteiger charge is -2.18. The average Bonchev–Trinajstić information content (AvgIpc) is 3.28. The van der Waals surface area contributed by atoms with E-state index in [1.165, 1.54) is 11.3 Å². The Kier molecular flexibility index (Phi) is 6.24. The highest BCUT2D eigenvalue weighted by atomic mass is 35.5. The number of rotatable bonds is 6. The van der Waals surface area contributed by atoms with Gasteiger partial charge in [0.05, 0.1) is 16.4 Å². The summed E-state index contributed by atoms with van der Waals surface area (Å²) in [6, 6.07) is 5.29. The zero-order valence-corrected chi connectivity index (χ0v) is 17.3. The summed E-state index contributed by atoms with van der Waals surface area (Å²) in [4.78, 5) is 19.9. The molecule has 0 atom stereocenters. The monoisotopic (exact) mass is 426 g/mol. The quantitative estimate of drug-likeness (QED) is 0.515. The fourth-order valence-corrected chi connectivity index (χ4v) is 4.50. The summed E-state index contributed by atoms with van der Waals surface area (Å²) in [7, 11) is 0. The Hall–Kier alpha value is -1.54. The zero-order chi connectivity index (χ0) is 18.7. The summed E-state index contributed by atoms with van der Waals surface area (Å²) < 4.78 is 3.92. The molecule has 0 unspecified atom stereocenters. The highest BCUT2D eigenvalue weighted by Crippen LogP contribution is 2.34. The molecule has 0 aliphatic carbocycles. The molecule has 26 heavy (non-hydrogen) atoms. The van der Waals surface area contributed by atoms with Gasteiger partial charge in [0.2, 0.25) is 0 Å². The Morgan fingerprint density at radius 3 is 2.77 bits per heavy atom. The Morgan fingerprint density at radius 1 is 1.27 bits per heavy atom. The van der Waals surface area contributed by atoms with Crippen molar-refractivity contribution in [2.45, 2.75) is 26.7 Å². The van der Waals surface area contributed by atoms with Gasteiger partial charge in [-0.05, 0) is 42.6 Å². The average molecular weight is 427 g/mol. The van der Waals surface area contributed by atoms with Crippen molar-refractivity contribution < 1.29 is 4.79 Å². The zero-order valence-electron chi connectivity index (χ0n) is 14.2. The van der Waals surface area contributed by atoms with Crippen LogP contribution < -0.4 is 4.90 Å². The number of hydrogen-bond donors (Lipinski definition) is 0. The standard InChI is InChI=1S/C17H16Cl2N4OS2/c1-3-7-23(16(24)15-13(4-2)21-22-26-15)17-20-14(9-25-17)11-6-5-10(18)8-12(11)19/h5-6,8-9H,3-4,7H2,1-2H3. The smallest absolute Gasteiger partial charge is 0.273 e. The van der Waals surface area contributed by atoms with Crippen LogP contribution in [0.5, 0.6) is 0 Å². The fourth-order valence-electron chi connectivity index (χ4n) is 2.44. The molecular formula is C17H16Cl2N4OS2. The minimum absolute atomic E-state index is 0.109. The van der Waals surface area contributed by atoms with Crippen LogP contribution in [0.1, 0.15) is 35.6 Å². The molecule has 3 aromatic rings. The first-order valence-electron chi connectivity index (χ1n) is 8.09. The minimum Gasteiger partial charge on any atom is -0.283 e. The number of anilines is 1. The van der Waals surface area contributed by atoms with E-state index in [-0.39, 0.29) is 5.91 Å². The molecule has 0 fully saturated rings. The van der Waals surface area contributed by atoms with E-state index in [9.17, 15) is 4.79 Å². The second-order valence-corrected chi connectivity index (χ2v) is 7.93. The van der Waals surface area contributed by atoms with Crippen molar-refractivity contribution in [2.75, 3.05) is 11.4 Å². The van der Waals surface area contributed by atoms with E-state index < -0.39 is 0 Å². The number of carbonyl (C=O) groups excluding carboxylic acids is 1. The molecule has 0 aliphatic heterocycles. The number of hydrogen-bond acceptors (Lipinski definition) is 6. The lowest BCUT2D eigenvalue weighted by atomic mass is 10.2. The highest BCUT2D eigenvalue weighted by molar-refractivity contribution is 7.14. The summed E-state index contributed by atoms with van der Waals surface area (Å²) in [5.41, 5.74) is 2.23. The second-order valence-electron chi connectivity index (χ2n) is 5.50. The van der Waals surface area contributed by atoms with Gasteiger partial charge in [-0.3, -0.25) is 9.69 Å². The molecule has 9 heteroatoms. The molecule has 1 aromatic carbocycles. The lowest BCUT2D eigenvalue weighted by Crippen LogP contribution is -2.31. The van der Waals surface area contributed by atoms with E-state index in [1.54, 1.807) is 17.0 Å². The number of thiazole rings is 1. The van der Waals surface area contributed by atoms with Gasteiger partial charge in [0.25, 0.3) is 5.91 Å². The molecule has 0 spiro atoms. The molecular weight excluding hydrogens is 411 g/mol. The first-order valence-corrected chi connectivity index (χ1v) is 10.5. The van der Waals surface area contributed by atoms with Crippen molar-refractivity contribution in [1.29, 1.82) is 0 Å². The maximum atomic E-state index is 13.0. The van der Waals surface area contributed by atoms with Crippen molar-refractivity contribution in [3.05, 3.63) is 44.2 Å². The summed E-state index contributed by atoms with van der Waals surface area (Å²) in [6.07, 6.45) is 1.48. The van der Waals surface area contributed by atoms with Gasteiger partial charge in [0.1, 0.15) is 4.88 Å². The van der Waals surface area contributed by atoms with Crippen LogP contribution in [0.4, 0.5) is 5.13 Å². The number of halogens is 2. The largest absolute Gasteiger partial charge is 0.283 e. The number of benzene rings is 1. The van der Waals surface area contributed by atoms with Crippen LogP contribution in [0, 0.1) is 0 Å². The van der Waals surface area contributed by atoms with Gasteiger partial charge < -0.3 is 0 Å². The maximum Gasteiger partial charge on any atom is 0.273 e. The third kappa shape index (κ3) is 3.91. The number of carbonyl (C=O) groups is 1. The predicted octanol–water partition coefficient (Wildman–Crippen LogP) is 5.59. The number of aryl methyl sites for hydroxylation is 1. The Labute approximate surface area is 169 Å². The topological polar surface area (TPSA) is 59.0 Å². The Morgan fingerprint density at radius 2 is 2.08 bits per heavy atom. The van der Waals surface area contributed by atoms with Gasteiger partial charge in [-0.15, -0.1) is 16.4 Å². The molecule has 2 heterocycles. The second kappa shape index (κ2) is 8.43. The summed E-state index contributed by atoms with van der Waals surface area (Å²) in [6.45, 7) is 4.55. The molecule has 1 amide bonds. The number of amides is 1. The molecule has 2 aromatic heterocycles. The predicted molar refractivity (Wildman–Crippen MR) is 109 cm³/mol. The minimum atomic E-state index is -0.109. The van der Waals surface area contributed by atoms with Crippen molar-refractivity contribution in [2.24, 2.45) is 0 Å². The molecule has 0 N–H and O–H groups in total. The van der Waals surface area contributed by atoms with Gasteiger partial charge in [-0.2, -0.15) is 0 Å². The van der Waals surface area contributed by atoms with E-state index in [1.807, 2.05) is 25.3 Å². The summed E-state index contributed by atoms with van der Waals surface area (Å²) in [5, 5.41) is 7.67. The van der Waals surface area contributed by atoms with Crippen LogP contribution in [0.2, 0.25) is 10.0 Å². The van der Waals surface area contributed by atoms with Crippen molar-refractivity contribution in [1.82, 2.24) is 14.6 Å². The van der Waals surface area contributed by atoms with Gasteiger partial charge in [-0.25, -0.2) is 4.98 Å². The Balaban J connectivity index is 1.94. The fraction of sp³-hybridized carbons (Fsp3) is 0.294. The SMILES string of the molecule is CCCN(C(=O)c1snnc1CC)c1nc(-c2ccc(Cl)cc2Cl)cs1. The van der Waals surface area contributed by atoms with Crippen LogP contribution >= 0.6 is 46.1 Å². The van der Waals surface area contributed by atoms with E-state index in [0.717, 1.165) is 34.9 Å². The van der Waals surface area contributed by atoms with Crippen LogP contribution in [-0.4, -0.2) is 27.0 Å². The lowest BCUT2D eigenvalue weighted by molar-refractivity contribution is 0.0989. The van der Waals surface area contributed by atoms with E-state index in [4.69, 9.17) is 23.2 Å². The first-order chi connectivity index (χ1) is 12.5. The highest BCUT2D eigenvalue weighted by Gasteiger charge is 2.25. The van der Waals surface area contributed by atoms with E-state index in [0.29, 0.717) is 33.0 Å². The van der Waals surface area contributed by atoms with Crippen LogP contribution in [0.3, 0.4) is 0 Å². The molecule has 0 bridgehead atoms. The van der Waals surface area contributed by atoms with Gasteiger partial charge in [-0.1, -0.05) is 41.5 Å². The number of nitrogens with zero attached hydrogens (tertiary/aromatic N) is 4. The molecule has 0 saturated heterocycles. The third-order valence-corrected chi connectivity index (χ3v) is 5.87. The molecule has 0 radical (unpaired) electrons. The van der Waals surface area contributed by atoms with Gasteiger partial charge in [0.15, 0.2) is 5.13 Å². The summed E-state index contributed by atoms with van der Waals surface area (Å²) >= 11 is 14.8. The van der Waals surface area contributed by atoms with Crippen LogP contribution in [-0.2, 0) is 6.42 Å². The van der Waals surface area contributed by atoms with Crippen molar-refractivity contribution >= 4 is 57.1 Å². The van der Waals surface area contributed by atoms with Crippen LogP contribution in [0.25, 0.3) is 11.3 Å². The Bertz CT molecular complexity index is 925. The van der Waals surface area contributed by atoms with Crippen molar-refractivity contribution in [3.8, 4) is 11.3 Å². The van der Waals surface area contributed by atoms with Crippen LogP contribution in [0.15, 0.2) is 23.6 Å².